The third kappa shape index (κ3) is 2.93. The highest BCUT2D eigenvalue weighted by molar-refractivity contribution is 7.89. The van der Waals surface area contributed by atoms with E-state index in [2.05, 4.69) is 15.2 Å². The Hall–Kier alpha value is -2.58. The van der Waals surface area contributed by atoms with Crippen LogP contribution in [0.25, 0.3) is 11.5 Å². The minimum absolute atomic E-state index is 0.0848. The summed E-state index contributed by atoms with van der Waals surface area (Å²) in [5.74, 6) is 1.43. The van der Waals surface area contributed by atoms with E-state index in [1.807, 2.05) is 30.3 Å². The SMILES string of the molecule is O=S(=O)(c1cccnc1)N1CCC2(CC1)C[C@H]2c1nnc(-c2ccccc2)o1. The summed E-state index contributed by atoms with van der Waals surface area (Å²) in [5, 5.41) is 8.45. The molecule has 1 spiro atoms. The molecular weight excluding hydrogens is 376 g/mol. The largest absolute Gasteiger partial charge is 0.420 e. The molecule has 3 heterocycles. The van der Waals surface area contributed by atoms with Gasteiger partial charge >= 0.3 is 0 Å². The van der Waals surface area contributed by atoms with Gasteiger partial charge in [-0.2, -0.15) is 4.31 Å². The summed E-state index contributed by atoms with van der Waals surface area (Å²) in [6, 6.07) is 13.0. The van der Waals surface area contributed by atoms with E-state index < -0.39 is 10.0 Å². The highest BCUT2D eigenvalue weighted by Gasteiger charge is 2.58. The zero-order valence-corrected chi connectivity index (χ0v) is 16.0. The molecule has 2 aliphatic rings. The van der Waals surface area contributed by atoms with Gasteiger partial charge in [0.1, 0.15) is 4.90 Å². The first-order chi connectivity index (χ1) is 13.6. The maximum Gasteiger partial charge on any atom is 0.247 e. The van der Waals surface area contributed by atoms with Crippen LogP contribution in [-0.4, -0.2) is 41.0 Å². The molecule has 1 atom stereocenters. The van der Waals surface area contributed by atoms with Crippen LogP contribution in [0.4, 0.5) is 0 Å². The number of nitrogens with zero attached hydrogens (tertiary/aromatic N) is 4. The van der Waals surface area contributed by atoms with E-state index in [0.717, 1.165) is 24.8 Å². The number of rotatable bonds is 4. The Morgan fingerprint density at radius 3 is 2.54 bits per heavy atom. The zero-order chi connectivity index (χ0) is 19.2. The Kier molecular flexibility index (Phi) is 4.06. The van der Waals surface area contributed by atoms with Crippen LogP contribution in [-0.2, 0) is 10.0 Å². The molecule has 28 heavy (non-hydrogen) atoms. The summed E-state index contributed by atoms with van der Waals surface area (Å²) >= 11 is 0. The van der Waals surface area contributed by atoms with E-state index >= 15 is 0 Å². The van der Waals surface area contributed by atoms with Crippen LogP contribution in [0, 0.1) is 5.41 Å². The fourth-order valence-corrected chi connectivity index (χ4v) is 5.55. The second-order valence-corrected chi connectivity index (χ2v) is 9.46. The molecule has 8 heteroatoms. The number of benzene rings is 1. The van der Waals surface area contributed by atoms with Crippen LogP contribution in [0.1, 0.15) is 31.1 Å². The van der Waals surface area contributed by atoms with Crippen molar-refractivity contribution in [1.82, 2.24) is 19.5 Å². The molecule has 144 valence electrons. The molecule has 1 saturated heterocycles. The van der Waals surface area contributed by atoms with Crippen molar-refractivity contribution in [2.75, 3.05) is 13.1 Å². The van der Waals surface area contributed by atoms with E-state index in [4.69, 9.17) is 4.42 Å². The number of hydrogen-bond acceptors (Lipinski definition) is 6. The molecule has 0 unspecified atom stereocenters. The quantitative estimate of drug-likeness (QED) is 0.673. The van der Waals surface area contributed by atoms with Gasteiger partial charge in [-0.15, -0.1) is 10.2 Å². The van der Waals surface area contributed by atoms with E-state index in [0.29, 0.717) is 24.9 Å². The van der Waals surface area contributed by atoms with E-state index in [-0.39, 0.29) is 16.2 Å². The highest BCUT2D eigenvalue weighted by atomic mass is 32.2. The standard InChI is InChI=1S/C20H20N4O3S/c25-28(26,16-7-4-10-21-14-16)24-11-8-20(9-12-24)13-17(20)19-23-22-18(27-19)15-5-2-1-3-6-15/h1-7,10,14,17H,8-9,11-13H2/t17-/m0/s1. The summed E-state index contributed by atoms with van der Waals surface area (Å²) in [7, 11) is -3.48. The Balaban J connectivity index is 1.28. The van der Waals surface area contributed by atoms with Crippen LogP contribution < -0.4 is 0 Å². The maximum absolute atomic E-state index is 12.8. The van der Waals surface area contributed by atoms with Crippen molar-refractivity contribution in [3.05, 3.63) is 60.7 Å². The van der Waals surface area contributed by atoms with E-state index in [1.54, 1.807) is 22.6 Å². The molecule has 0 radical (unpaired) electrons. The van der Waals surface area contributed by atoms with Crippen LogP contribution in [0.2, 0.25) is 0 Å². The van der Waals surface area contributed by atoms with E-state index in [1.165, 1.54) is 6.20 Å². The van der Waals surface area contributed by atoms with Crippen molar-refractivity contribution in [3.63, 3.8) is 0 Å². The Morgan fingerprint density at radius 2 is 1.82 bits per heavy atom. The first-order valence-corrected chi connectivity index (χ1v) is 10.8. The van der Waals surface area contributed by atoms with Crippen LogP contribution in [0.3, 0.4) is 0 Å². The predicted octanol–water partition coefficient (Wildman–Crippen LogP) is 3.09. The number of aromatic nitrogens is 3. The molecule has 0 N–H and O–H groups in total. The summed E-state index contributed by atoms with van der Waals surface area (Å²) in [6.07, 6.45) is 5.57. The van der Waals surface area contributed by atoms with Crippen molar-refractivity contribution in [2.45, 2.75) is 30.1 Å². The van der Waals surface area contributed by atoms with Crippen LogP contribution >= 0.6 is 0 Å². The van der Waals surface area contributed by atoms with Crippen molar-refractivity contribution in [3.8, 4) is 11.5 Å². The minimum Gasteiger partial charge on any atom is -0.420 e. The molecule has 3 aromatic rings. The second kappa shape index (κ2) is 6.49. The number of piperidine rings is 1. The van der Waals surface area contributed by atoms with Gasteiger partial charge in [0.05, 0.1) is 0 Å². The second-order valence-electron chi connectivity index (χ2n) is 7.52. The molecule has 1 aliphatic heterocycles. The van der Waals surface area contributed by atoms with Gasteiger partial charge in [-0.05, 0) is 48.9 Å². The zero-order valence-electron chi connectivity index (χ0n) is 15.2. The van der Waals surface area contributed by atoms with Crippen molar-refractivity contribution in [2.24, 2.45) is 5.41 Å². The lowest BCUT2D eigenvalue weighted by molar-refractivity contribution is 0.246. The topological polar surface area (TPSA) is 89.2 Å². The van der Waals surface area contributed by atoms with E-state index in [9.17, 15) is 8.42 Å². The van der Waals surface area contributed by atoms with Gasteiger partial charge in [0.15, 0.2) is 0 Å². The molecule has 1 saturated carbocycles. The van der Waals surface area contributed by atoms with Crippen LogP contribution in [0.5, 0.6) is 0 Å². The van der Waals surface area contributed by atoms with Gasteiger partial charge in [0, 0.05) is 37.0 Å². The molecule has 0 bridgehead atoms. The molecule has 2 aromatic heterocycles. The monoisotopic (exact) mass is 396 g/mol. The first kappa shape index (κ1) is 17.5. The fraction of sp³-hybridized carbons (Fsp3) is 0.350. The lowest BCUT2D eigenvalue weighted by atomic mass is 9.92. The average Bonchev–Trinajstić information content (AvgIpc) is 3.21. The molecule has 5 rings (SSSR count). The molecule has 0 amide bonds. The first-order valence-electron chi connectivity index (χ1n) is 9.38. The Labute approximate surface area is 163 Å². The molecule has 2 fully saturated rings. The molecular formula is C20H20N4O3S. The number of hydrogen-bond donors (Lipinski definition) is 0. The van der Waals surface area contributed by atoms with Gasteiger partial charge in [0.25, 0.3) is 0 Å². The maximum atomic E-state index is 12.8. The molecule has 1 aromatic carbocycles. The van der Waals surface area contributed by atoms with Crippen molar-refractivity contribution >= 4 is 10.0 Å². The summed E-state index contributed by atoms with van der Waals surface area (Å²) < 4.78 is 33.0. The minimum atomic E-state index is -3.48. The molecule has 7 nitrogen and oxygen atoms in total. The van der Waals surface area contributed by atoms with Crippen molar-refractivity contribution in [1.29, 1.82) is 0 Å². The van der Waals surface area contributed by atoms with Gasteiger partial charge in [-0.1, -0.05) is 18.2 Å². The highest BCUT2D eigenvalue weighted by Crippen LogP contribution is 2.64. The van der Waals surface area contributed by atoms with Gasteiger partial charge < -0.3 is 4.42 Å². The van der Waals surface area contributed by atoms with Gasteiger partial charge in [0.2, 0.25) is 21.8 Å². The van der Waals surface area contributed by atoms with Gasteiger partial charge in [-0.3, -0.25) is 4.98 Å². The normalized spacial score (nSPS) is 21.6. The number of sulfonamides is 1. The summed E-state index contributed by atoms with van der Waals surface area (Å²) in [4.78, 5) is 4.18. The lowest BCUT2D eigenvalue weighted by Crippen LogP contribution is -2.39. The summed E-state index contributed by atoms with van der Waals surface area (Å²) in [5.41, 5.74) is 0.995. The fourth-order valence-electron chi connectivity index (χ4n) is 4.14. The summed E-state index contributed by atoms with van der Waals surface area (Å²) in [6.45, 7) is 1.01. The smallest absolute Gasteiger partial charge is 0.247 e. The molecule has 1 aliphatic carbocycles. The third-order valence-electron chi connectivity index (χ3n) is 5.94. The Morgan fingerprint density at radius 1 is 1.04 bits per heavy atom. The third-order valence-corrected chi connectivity index (χ3v) is 7.82. The number of pyridine rings is 1. The Bertz CT molecular complexity index is 1070. The van der Waals surface area contributed by atoms with Crippen molar-refractivity contribution < 1.29 is 12.8 Å². The van der Waals surface area contributed by atoms with Gasteiger partial charge in [-0.25, -0.2) is 8.42 Å². The lowest BCUT2D eigenvalue weighted by Gasteiger charge is -2.31. The average molecular weight is 396 g/mol. The predicted molar refractivity (Wildman–Crippen MR) is 102 cm³/mol. The van der Waals surface area contributed by atoms with Crippen LogP contribution in [0.15, 0.2) is 64.2 Å².